The Morgan fingerprint density at radius 3 is 1.51 bits per heavy atom. The molecule has 2 saturated heterocycles. The first kappa shape index (κ1) is 45.3. The zero-order valence-corrected chi connectivity index (χ0v) is 31.3. The molecular formula is C36H35ClF6N8O8. The van der Waals surface area contributed by atoms with Crippen LogP contribution in [0.2, 0.25) is 0 Å². The number of nitrogens with zero attached hydrogens (tertiary/aromatic N) is 4. The highest BCUT2D eigenvalue weighted by Crippen LogP contribution is 2.39. The van der Waals surface area contributed by atoms with E-state index in [4.69, 9.17) is 38.3 Å². The summed E-state index contributed by atoms with van der Waals surface area (Å²) in [6, 6.07) is 14.7. The van der Waals surface area contributed by atoms with Crippen molar-refractivity contribution in [1.82, 2.24) is 0 Å². The SMILES string of the molecule is Nc1c(NC(=O)c2ccc(N3CCOCC3)c(C(F)(F)F)c2)cccc1[N+](=O)[O-].Nc1cccc([N+](=O)[O-])c1N.O=C(Cl)c1ccc(N2CCOCC2)c(C(F)(F)F)c1. The number of carbonyl (C=O) groups is 2. The number of benzene rings is 4. The fourth-order valence-electron chi connectivity index (χ4n) is 5.69. The quantitative estimate of drug-likeness (QED) is 0.0484. The van der Waals surface area contributed by atoms with E-state index >= 15 is 0 Å². The van der Waals surface area contributed by atoms with Gasteiger partial charge in [-0.2, -0.15) is 26.3 Å². The largest absolute Gasteiger partial charge is 0.418 e. The van der Waals surface area contributed by atoms with E-state index in [1.54, 1.807) is 9.80 Å². The minimum atomic E-state index is -4.67. The van der Waals surface area contributed by atoms with E-state index in [1.165, 1.54) is 54.6 Å². The van der Waals surface area contributed by atoms with E-state index in [0.717, 1.165) is 18.2 Å². The van der Waals surface area contributed by atoms with Gasteiger partial charge in [-0.25, -0.2) is 0 Å². The number of nitrogens with one attached hydrogen (secondary N) is 1. The van der Waals surface area contributed by atoms with Crippen molar-refractivity contribution in [2.24, 2.45) is 0 Å². The first-order valence-corrected chi connectivity index (χ1v) is 17.5. The Bertz CT molecular complexity index is 2180. The highest BCUT2D eigenvalue weighted by molar-refractivity contribution is 6.67. The Hall–Kier alpha value is -6.39. The second kappa shape index (κ2) is 19.4. The average Bonchev–Trinajstić information content (AvgIpc) is 3.19. The van der Waals surface area contributed by atoms with Crippen molar-refractivity contribution in [3.8, 4) is 0 Å². The lowest BCUT2D eigenvalue weighted by molar-refractivity contribution is -0.384. The third-order valence-electron chi connectivity index (χ3n) is 8.64. The molecular weight excluding hydrogens is 822 g/mol. The second-order valence-electron chi connectivity index (χ2n) is 12.4. The van der Waals surface area contributed by atoms with Gasteiger partial charge in [-0.3, -0.25) is 29.8 Å². The van der Waals surface area contributed by atoms with Crippen molar-refractivity contribution in [3.63, 3.8) is 0 Å². The normalized spacial score (nSPS) is 14.2. The molecule has 23 heteroatoms. The number of hydrogen-bond acceptors (Lipinski definition) is 13. The first-order chi connectivity index (χ1) is 27.7. The maximum Gasteiger partial charge on any atom is 0.418 e. The van der Waals surface area contributed by atoms with Crippen LogP contribution in [0.3, 0.4) is 0 Å². The molecule has 0 aromatic heterocycles. The molecule has 2 heterocycles. The molecule has 316 valence electrons. The van der Waals surface area contributed by atoms with E-state index in [2.05, 4.69) is 5.32 Å². The van der Waals surface area contributed by atoms with E-state index in [-0.39, 0.29) is 50.9 Å². The fourth-order valence-corrected chi connectivity index (χ4v) is 5.81. The van der Waals surface area contributed by atoms with Gasteiger partial charge in [0.15, 0.2) is 0 Å². The van der Waals surface area contributed by atoms with Crippen molar-refractivity contribution in [3.05, 3.63) is 115 Å². The van der Waals surface area contributed by atoms with Gasteiger partial charge in [-0.1, -0.05) is 12.1 Å². The maximum atomic E-state index is 13.6. The summed E-state index contributed by atoms with van der Waals surface area (Å²) in [5.41, 5.74) is 13.5. The zero-order chi connectivity index (χ0) is 43.7. The highest BCUT2D eigenvalue weighted by atomic mass is 35.5. The van der Waals surface area contributed by atoms with Gasteiger partial charge in [0.1, 0.15) is 11.4 Å². The van der Waals surface area contributed by atoms with Crippen LogP contribution in [0.15, 0.2) is 72.8 Å². The second-order valence-corrected chi connectivity index (χ2v) is 12.8. The summed E-state index contributed by atoms with van der Waals surface area (Å²) in [5, 5.41) is 22.6. The molecule has 4 aromatic rings. The Morgan fingerprint density at radius 1 is 0.661 bits per heavy atom. The molecule has 0 radical (unpaired) electrons. The van der Waals surface area contributed by atoms with Gasteiger partial charge in [-0.05, 0) is 60.1 Å². The number of ether oxygens (including phenoxy) is 2. The zero-order valence-electron chi connectivity index (χ0n) is 30.5. The summed E-state index contributed by atoms with van der Waals surface area (Å²) in [6.07, 6.45) is -9.20. The minimum Gasteiger partial charge on any atom is -0.397 e. The molecule has 0 bridgehead atoms. The van der Waals surface area contributed by atoms with Gasteiger partial charge in [0.2, 0.25) is 0 Å². The summed E-state index contributed by atoms with van der Waals surface area (Å²) in [5.74, 6) is -0.865. The first-order valence-electron chi connectivity index (χ1n) is 17.1. The number of amides is 1. The topological polar surface area (TPSA) is 235 Å². The van der Waals surface area contributed by atoms with E-state index < -0.39 is 50.2 Å². The number of nitro groups is 2. The standard InChI is InChI=1S/C18H17F3N4O4.C12H11ClF3NO2.C6H7N3O2/c19-18(20,21)12-10-11(4-5-14(12)24-6-8-29-9-7-24)17(26)23-13-2-1-3-15(16(13)22)25(27)28;13-11(18)8-1-2-10(9(7-8)12(14,15)16)17-3-5-19-6-4-17;7-4-2-1-3-5(6(4)8)9(10)11/h1-5,10H,6-9,22H2,(H,23,26);1-2,7H,3-6H2;1-3H,7-8H2. The van der Waals surface area contributed by atoms with Crippen LogP contribution >= 0.6 is 11.6 Å². The molecule has 0 spiro atoms. The fraction of sp³-hybridized carbons (Fsp3) is 0.278. The Labute approximate surface area is 335 Å². The lowest BCUT2D eigenvalue weighted by Gasteiger charge is -2.31. The van der Waals surface area contributed by atoms with Crippen LogP contribution < -0.4 is 32.3 Å². The molecule has 2 aliphatic heterocycles. The van der Waals surface area contributed by atoms with Gasteiger partial charge in [0.05, 0.1) is 58.8 Å². The molecule has 59 heavy (non-hydrogen) atoms. The van der Waals surface area contributed by atoms with Gasteiger partial charge in [0, 0.05) is 60.8 Å². The minimum absolute atomic E-state index is 0.0255. The number of nitrogens with two attached hydrogens (primary N) is 3. The van der Waals surface area contributed by atoms with Crippen LogP contribution in [0.1, 0.15) is 31.8 Å². The van der Waals surface area contributed by atoms with Gasteiger partial charge in [-0.15, -0.1) is 0 Å². The van der Waals surface area contributed by atoms with Crippen molar-refractivity contribution in [2.45, 2.75) is 12.4 Å². The van der Waals surface area contributed by atoms with Crippen LogP contribution in [-0.4, -0.2) is 73.6 Å². The van der Waals surface area contributed by atoms with Crippen molar-refractivity contribution in [1.29, 1.82) is 0 Å². The molecule has 1 amide bonds. The number of nitrogen functional groups attached to an aromatic ring is 3. The summed E-state index contributed by atoms with van der Waals surface area (Å²) < 4.78 is 90.2. The Balaban J connectivity index is 0.000000219. The van der Waals surface area contributed by atoms with Crippen molar-refractivity contribution < 1.29 is 55.3 Å². The number of hydrogen-bond donors (Lipinski definition) is 4. The molecule has 16 nitrogen and oxygen atoms in total. The van der Waals surface area contributed by atoms with Gasteiger partial charge < -0.3 is 41.8 Å². The highest BCUT2D eigenvalue weighted by Gasteiger charge is 2.37. The van der Waals surface area contributed by atoms with Crippen LogP contribution in [0.25, 0.3) is 0 Å². The van der Waals surface area contributed by atoms with Crippen molar-refractivity contribution >= 4 is 68.2 Å². The Kier molecular flexibility index (Phi) is 14.9. The molecule has 4 aromatic carbocycles. The monoisotopic (exact) mass is 856 g/mol. The lowest BCUT2D eigenvalue weighted by atomic mass is 10.1. The number of halogens is 7. The maximum absolute atomic E-state index is 13.6. The van der Waals surface area contributed by atoms with Crippen LogP contribution in [-0.2, 0) is 21.8 Å². The van der Waals surface area contributed by atoms with Gasteiger partial charge >= 0.3 is 12.4 Å². The average molecular weight is 857 g/mol. The van der Waals surface area contributed by atoms with E-state index in [0.29, 0.717) is 52.6 Å². The number of rotatable bonds is 7. The number of para-hydroxylation sites is 2. The number of carbonyl (C=O) groups excluding carboxylic acids is 2. The molecule has 0 aliphatic carbocycles. The number of anilines is 6. The van der Waals surface area contributed by atoms with Crippen molar-refractivity contribution in [2.75, 3.05) is 84.9 Å². The predicted octanol–water partition coefficient (Wildman–Crippen LogP) is 6.96. The lowest BCUT2D eigenvalue weighted by Crippen LogP contribution is -2.37. The Morgan fingerprint density at radius 2 is 1.08 bits per heavy atom. The number of morpholine rings is 2. The summed E-state index contributed by atoms with van der Waals surface area (Å²) in [7, 11) is 0. The third kappa shape index (κ3) is 11.8. The molecule has 2 fully saturated rings. The smallest absolute Gasteiger partial charge is 0.397 e. The molecule has 6 rings (SSSR count). The number of alkyl halides is 6. The molecule has 0 unspecified atom stereocenters. The molecule has 7 N–H and O–H groups in total. The summed E-state index contributed by atoms with van der Waals surface area (Å²) >= 11 is 5.22. The van der Waals surface area contributed by atoms with E-state index in [1.807, 2.05) is 0 Å². The molecule has 0 atom stereocenters. The van der Waals surface area contributed by atoms with Crippen LogP contribution in [0.4, 0.5) is 71.8 Å². The summed E-state index contributed by atoms with van der Waals surface area (Å²) in [6.45, 7) is 2.77. The third-order valence-corrected chi connectivity index (χ3v) is 8.86. The molecule has 2 aliphatic rings. The van der Waals surface area contributed by atoms with E-state index in [9.17, 15) is 56.2 Å². The summed E-state index contributed by atoms with van der Waals surface area (Å²) in [4.78, 5) is 46.5. The van der Waals surface area contributed by atoms with Gasteiger partial charge in [0.25, 0.3) is 22.5 Å². The molecule has 0 saturated carbocycles. The van der Waals surface area contributed by atoms with Crippen LogP contribution in [0.5, 0.6) is 0 Å². The predicted molar refractivity (Wildman–Crippen MR) is 207 cm³/mol. The van der Waals surface area contributed by atoms with Crippen LogP contribution in [0, 0.1) is 20.2 Å². The number of nitro benzene ring substituents is 2.